The molecule has 2 fully saturated rings. The van der Waals surface area contributed by atoms with Crippen molar-refractivity contribution in [1.29, 1.82) is 0 Å². The number of cyclic esters (lactones) is 1. The van der Waals surface area contributed by atoms with Crippen LogP contribution >= 0.6 is 22.7 Å². The SMILES string of the molecule is CC(=O)N1CCC[C@]12C/C=C/CCC[C@]1(CCC/C=C/CCCOC(=O)N3CC[C@@](C(=O)N[C@@H](Cc4ccsc4)C(=O)N[C@@H](Cc4csc5ccccc45)C(=O)N[C@@H](CCC(N)=O)C(N)=O)(C3)NC(=O)[C@@H]3Cc4cn(nn4)CCCC[C@H](NC(=O)CNC(=O)[C@H](Cc4cccc(C(=O)O)c4)NC(=O)[C@H](CC(=O)O)NC1=O)C(=O)N[C@@H](Cc1ccccc1)C(=O)N3)NC(=O)[C@H](CC(C)(C)C)NC(=O)[C@H](CC(=O)O)NC2=O. The number of amides is 17. The Hall–Kier alpha value is -14.9. The second-order valence-corrected chi connectivity index (χ2v) is 40.0. The van der Waals surface area contributed by atoms with Gasteiger partial charge in [-0.05, 0) is 183 Å². The number of carbonyl (C=O) groups excluding carboxylic acids is 17. The summed E-state index contributed by atoms with van der Waals surface area (Å²) in [6.07, 6.45) is 2.48. The van der Waals surface area contributed by atoms with Gasteiger partial charge in [0.15, 0.2) is 0 Å². The van der Waals surface area contributed by atoms with Gasteiger partial charge < -0.3 is 110 Å². The number of aromatic carboxylic acids is 1. The first-order valence-corrected chi connectivity index (χ1v) is 50.1. The number of fused-ring (bicyclic) bond motifs is 11. The number of carbonyl (C=O) groups is 20. The number of carboxylic acids is 3. The molecule has 0 unspecified atom stereocenters. The zero-order chi connectivity index (χ0) is 105. The van der Waals surface area contributed by atoms with Crippen molar-refractivity contribution < 1.29 is 116 Å². The molecule has 6 bridgehead atoms. The number of aryl methyl sites for hydroxylation is 1. The minimum atomic E-state index is -2.25. The topological polar surface area (TPSA) is 657 Å². The monoisotopic (exact) mass is 2040 g/mol. The summed E-state index contributed by atoms with van der Waals surface area (Å²) in [7, 11) is 0. The molecule has 6 aromatic rings. The first-order chi connectivity index (χ1) is 69.1. The van der Waals surface area contributed by atoms with Crippen molar-refractivity contribution in [1.82, 2.24) is 93.9 Å². The van der Waals surface area contributed by atoms with Crippen LogP contribution in [-0.4, -0.2) is 268 Å². The maximum absolute atomic E-state index is 16.1. The van der Waals surface area contributed by atoms with E-state index in [0.717, 1.165) is 15.0 Å². The molecular formula is C99H126N20O24S2. The molecule has 2 saturated heterocycles. The third-order valence-electron chi connectivity index (χ3n) is 25.9. The van der Waals surface area contributed by atoms with E-state index in [0.29, 0.717) is 23.1 Å². The van der Waals surface area contributed by atoms with E-state index in [1.54, 1.807) is 104 Å². The molecule has 46 heteroatoms. The lowest BCUT2D eigenvalue weighted by molar-refractivity contribution is -0.146. The fourth-order valence-corrected chi connectivity index (χ4v) is 20.0. The highest BCUT2D eigenvalue weighted by molar-refractivity contribution is 7.17. The van der Waals surface area contributed by atoms with E-state index in [1.807, 2.05) is 18.2 Å². The van der Waals surface area contributed by atoms with E-state index < -0.39 is 246 Å². The molecule has 3 aromatic carbocycles. The van der Waals surface area contributed by atoms with E-state index >= 15 is 38.4 Å². The number of primary amides is 2. The van der Waals surface area contributed by atoms with Crippen LogP contribution in [-0.2, 0) is 130 Å². The smallest absolute Gasteiger partial charge is 0.409 e. The number of aliphatic carboxylic acids is 2. The van der Waals surface area contributed by atoms with Crippen LogP contribution in [0.3, 0.4) is 0 Å². The van der Waals surface area contributed by atoms with Gasteiger partial charge in [0.05, 0.1) is 43.8 Å². The summed E-state index contributed by atoms with van der Waals surface area (Å²) < 4.78 is 8.14. The predicted octanol–water partition coefficient (Wildman–Crippen LogP) is 1.63. The molecule has 8 heterocycles. The van der Waals surface area contributed by atoms with Crippen molar-refractivity contribution in [2.24, 2.45) is 16.9 Å². The largest absolute Gasteiger partial charge is 0.481 e. The third-order valence-corrected chi connectivity index (χ3v) is 27.7. The van der Waals surface area contributed by atoms with Crippen LogP contribution in [0.1, 0.15) is 194 Å². The number of aromatic nitrogens is 3. The summed E-state index contributed by atoms with van der Waals surface area (Å²) in [5, 5.41) is 80.3. The molecule has 145 heavy (non-hydrogen) atoms. The third kappa shape index (κ3) is 31.6. The van der Waals surface area contributed by atoms with Gasteiger partial charge in [0.25, 0.3) is 0 Å². The van der Waals surface area contributed by atoms with Crippen LogP contribution in [0, 0.1) is 5.41 Å². The van der Waals surface area contributed by atoms with Crippen molar-refractivity contribution in [3.8, 4) is 0 Å². The molecule has 0 radical (unpaired) electrons. The zero-order valence-electron chi connectivity index (χ0n) is 81.0. The summed E-state index contributed by atoms with van der Waals surface area (Å²) in [4.78, 5) is 293. The van der Waals surface area contributed by atoms with Gasteiger partial charge in [-0.1, -0.05) is 111 Å². The van der Waals surface area contributed by atoms with Crippen molar-refractivity contribution in [2.45, 2.75) is 272 Å². The number of hydrogen-bond donors (Lipinski definition) is 18. The summed E-state index contributed by atoms with van der Waals surface area (Å²) in [5.74, 6) is -20.6. The molecule has 2 spiro atoms. The predicted molar refractivity (Wildman–Crippen MR) is 525 cm³/mol. The summed E-state index contributed by atoms with van der Waals surface area (Å²) in [6, 6.07) is 5.40. The van der Waals surface area contributed by atoms with E-state index in [-0.39, 0.29) is 165 Å². The van der Waals surface area contributed by atoms with Crippen molar-refractivity contribution in [2.75, 3.05) is 32.8 Å². The van der Waals surface area contributed by atoms with Crippen molar-refractivity contribution in [3.63, 3.8) is 0 Å². The minimum absolute atomic E-state index is 0.00206. The molecule has 17 amide bonds. The van der Waals surface area contributed by atoms with E-state index in [9.17, 15) is 72.9 Å². The molecule has 20 N–H and O–H groups in total. The lowest BCUT2D eigenvalue weighted by atomic mass is 9.83. The first-order valence-electron chi connectivity index (χ1n) is 48.3. The Bertz CT molecular complexity index is 5830. The lowest BCUT2D eigenvalue weighted by Gasteiger charge is -2.38. The van der Waals surface area contributed by atoms with Gasteiger partial charge >= 0.3 is 24.0 Å². The highest BCUT2D eigenvalue weighted by Crippen LogP contribution is 2.36. The van der Waals surface area contributed by atoms with E-state index in [4.69, 9.17) is 16.2 Å². The summed E-state index contributed by atoms with van der Waals surface area (Å²) >= 11 is 2.61. The van der Waals surface area contributed by atoms with Gasteiger partial charge in [-0.2, -0.15) is 11.3 Å². The number of nitrogens with zero attached hydrogens (tertiary/aromatic N) is 5. The highest BCUT2D eigenvalue weighted by atomic mass is 32.1. The average Bonchev–Trinajstić information content (AvgIpc) is 1.65. The van der Waals surface area contributed by atoms with Crippen molar-refractivity contribution in [3.05, 3.63) is 165 Å². The van der Waals surface area contributed by atoms with Crippen LogP contribution in [0.2, 0.25) is 0 Å². The number of nitrogens with one attached hydrogen (secondary N) is 13. The van der Waals surface area contributed by atoms with Gasteiger partial charge in [0, 0.05) is 76.0 Å². The molecule has 0 saturated carbocycles. The summed E-state index contributed by atoms with van der Waals surface area (Å²) in [5.41, 5.74) is 5.81. The molecule has 44 nitrogen and oxygen atoms in total. The quantitative estimate of drug-likeness (QED) is 0.0383. The zero-order valence-corrected chi connectivity index (χ0v) is 82.7. The maximum Gasteiger partial charge on any atom is 0.409 e. The van der Waals surface area contributed by atoms with Crippen molar-refractivity contribution >= 4 is 151 Å². The molecule has 11 rings (SSSR count). The molecule has 778 valence electrons. The Morgan fingerprint density at radius 2 is 1.21 bits per heavy atom. The number of likely N-dealkylation sites (tertiary alicyclic amines) is 1. The molecule has 13 atom stereocenters. The van der Waals surface area contributed by atoms with Gasteiger partial charge in [0.2, 0.25) is 94.5 Å². The summed E-state index contributed by atoms with van der Waals surface area (Å²) in [6.45, 7) is 4.43. The molecule has 5 aliphatic rings. The number of thiophene rings is 2. The van der Waals surface area contributed by atoms with Crippen LogP contribution in [0.4, 0.5) is 4.79 Å². The normalized spacial score (nSPS) is 24.4. The van der Waals surface area contributed by atoms with Crippen LogP contribution < -0.4 is 80.6 Å². The van der Waals surface area contributed by atoms with E-state index in [1.165, 1.54) is 69.6 Å². The highest BCUT2D eigenvalue weighted by Gasteiger charge is 2.53. The molecule has 5 aliphatic heterocycles. The number of benzene rings is 3. The second kappa shape index (κ2) is 51.4. The first kappa shape index (κ1) is 111. The van der Waals surface area contributed by atoms with Gasteiger partial charge in [-0.25, -0.2) is 9.59 Å². The van der Waals surface area contributed by atoms with Gasteiger partial charge in [-0.3, -0.25) is 91.0 Å². The number of ether oxygens (including phenoxy) is 1. The molecule has 3 aromatic heterocycles. The molecular weight excluding hydrogens is 1920 g/mol. The second-order valence-electron chi connectivity index (χ2n) is 38.3. The van der Waals surface area contributed by atoms with E-state index in [2.05, 4.69) is 79.4 Å². The number of carboxylic acid groups (broad SMARTS) is 3. The van der Waals surface area contributed by atoms with Crippen LogP contribution in [0.5, 0.6) is 0 Å². The average molecular weight is 2040 g/mol. The van der Waals surface area contributed by atoms with Gasteiger partial charge in [-0.15, -0.1) is 16.4 Å². The van der Waals surface area contributed by atoms with Crippen LogP contribution in [0.15, 0.2) is 132 Å². The Balaban J connectivity index is 0.969. The number of nitrogens with two attached hydrogens (primary N) is 2. The Labute approximate surface area is 843 Å². The minimum Gasteiger partial charge on any atom is -0.481 e. The number of rotatable bonds is 24. The number of hydrogen-bond acceptors (Lipinski definition) is 25. The lowest BCUT2D eigenvalue weighted by Crippen LogP contribution is -2.67. The molecule has 0 aliphatic carbocycles. The fourth-order valence-electron chi connectivity index (χ4n) is 18.4. The Morgan fingerprint density at radius 1 is 0.579 bits per heavy atom. The van der Waals surface area contributed by atoms with Gasteiger partial charge in [0.1, 0.15) is 77.0 Å². The number of allylic oxidation sites excluding steroid dienone is 3. The standard InChI is InChI=1S/C99H126N20O24S2/c1-58(120)119-40-23-37-99(119)36-19-9-8-18-35-97(113-90(136)75(52-96(2,3)4)109-88(134)74(51-80(125)126)112-94(99)141)34-17-7-5-6-10-21-42-143-95(142)117-41-38-98(57-117,93(140)110-70(47-61-33-43-144-55-61)85(131)107-71(48-63-56-145-76-30-15-14-28-65(63)76)86(132)104-66(81(101)127)31-32-77(100)121)114-89(135)72-49-64-54-118(116-115-64)39-20-16-29-67(83(129)106-69(84(130)108-72)45-59-24-12-11-13-25-59)103-78(122)53-102-82(128)68(46-60-26-22-27-62(44-60)91(137)138)105-87(133)73(50-79(123)124)111-92(97)139/h5-6,9,11-15,19,22,24-28,30,33,43-44,54-56,66-75H,7-8,10,16-18,20-21,23,29,31-32,34-42,45-53,57H2,1-4H3,(H2,100,121)(H2,101,127)(H,102,128)(H,103,122)(H,104,132)(H,105,133)(H,106,129)(H,107,131)(H,108,130)(H,109,134)(H,110,140)(H,111,139)(H,112,141)(H,113,136)(H,114,135)(H,123,124)(H,125,126)(H,137,138)/b6-5+,19-9+/t66-,67-,68-,69-,70-,71-,72-,73-,74-,75-,97-,98-,99-/m0/s1. The Morgan fingerprint density at radius 3 is 1.88 bits per heavy atom. The maximum atomic E-state index is 16.1. The Kier molecular flexibility index (Phi) is 39.2. The van der Waals surface area contributed by atoms with Crippen LogP contribution in [0.25, 0.3) is 10.1 Å². The fraction of sp³-hybridized carbons (Fsp3) is 0.495.